The van der Waals surface area contributed by atoms with Gasteiger partial charge < -0.3 is 33.6 Å². The van der Waals surface area contributed by atoms with Crippen LogP contribution in [-0.4, -0.2) is 52.1 Å². The Hall–Kier alpha value is -1.22. The van der Waals surface area contributed by atoms with E-state index in [0.29, 0.717) is 0 Å². The van der Waals surface area contributed by atoms with Crippen molar-refractivity contribution in [2.75, 3.05) is 31.7 Å². The van der Waals surface area contributed by atoms with E-state index in [-0.39, 0.29) is 32.4 Å². The van der Waals surface area contributed by atoms with Gasteiger partial charge in [0.1, 0.15) is 0 Å². The summed E-state index contributed by atoms with van der Waals surface area (Å²) in [6.45, 7) is 6.36. The van der Waals surface area contributed by atoms with Gasteiger partial charge in [0.2, 0.25) is 23.2 Å². The van der Waals surface area contributed by atoms with Crippen LogP contribution in [0, 0.1) is 0 Å². The van der Waals surface area contributed by atoms with Crippen molar-refractivity contribution in [3.05, 3.63) is 6.07 Å². The number of nitrogens with one attached hydrogen (secondary N) is 1. The average molecular weight is 413 g/mol. The Morgan fingerprint density at radius 2 is 1.23 bits per heavy atom. The number of aromatic hydroxyl groups is 2. The van der Waals surface area contributed by atoms with Gasteiger partial charge in [0, 0.05) is 0 Å². The van der Waals surface area contributed by atoms with Crippen LogP contribution in [0.3, 0.4) is 0 Å². The first-order chi connectivity index (χ1) is 12.2. The molecule has 0 amide bonds. The van der Waals surface area contributed by atoms with E-state index in [0.717, 1.165) is 6.07 Å². The molecule has 0 saturated heterocycles. The van der Waals surface area contributed by atoms with E-state index in [1.165, 1.54) is 0 Å². The minimum Gasteiger partial charge on any atom is -0.493 e. The van der Waals surface area contributed by atoms with E-state index in [1.807, 2.05) is 0 Å². The minimum absolute atomic E-state index is 0.000144. The third-order valence-corrected chi connectivity index (χ3v) is 8.42. The van der Waals surface area contributed by atoms with Gasteiger partial charge in [-0.1, -0.05) is 0 Å². The molecule has 1 heterocycles. The van der Waals surface area contributed by atoms with Gasteiger partial charge in [-0.3, -0.25) is 9.13 Å². The first-order valence-corrected chi connectivity index (χ1v) is 11.3. The van der Waals surface area contributed by atoms with Gasteiger partial charge in [0.25, 0.3) is 0 Å². The van der Waals surface area contributed by atoms with Crippen LogP contribution in [0.25, 0.3) is 0 Å². The van der Waals surface area contributed by atoms with Gasteiger partial charge in [-0.05, 0) is 27.7 Å². The Bertz CT molecular complexity index is 605. The summed E-state index contributed by atoms with van der Waals surface area (Å²) in [5.74, 6) is -1.46. The molecule has 0 atom stereocenters. The summed E-state index contributed by atoms with van der Waals surface area (Å²) in [5, 5.41) is 21.5. The zero-order chi connectivity index (χ0) is 19.8. The van der Waals surface area contributed by atoms with Crippen LogP contribution in [0.1, 0.15) is 27.7 Å². The molecule has 0 bridgehead atoms. The molecule has 3 N–H and O–H groups in total. The van der Waals surface area contributed by atoms with Crippen molar-refractivity contribution in [1.29, 1.82) is 0 Å². The molecule has 0 aliphatic heterocycles. The van der Waals surface area contributed by atoms with E-state index < -0.39 is 32.5 Å². The van der Waals surface area contributed by atoms with Crippen LogP contribution in [-0.2, 0) is 27.2 Å². The highest BCUT2D eigenvalue weighted by Gasteiger charge is 2.51. The summed E-state index contributed by atoms with van der Waals surface area (Å²) in [6, 6.07) is 0.898. The third kappa shape index (κ3) is 5.90. The maximum Gasteiger partial charge on any atom is 0.365 e. The van der Waals surface area contributed by atoms with Crippen molar-refractivity contribution in [1.82, 2.24) is 9.97 Å². The highest BCUT2D eigenvalue weighted by molar-refractivity contribution is 7.72. The monoisotopic (exact) mass is 413 g/mol. The normalized spacial score (nSPS) is 12.5. The fraction of sp³-hybridized carbons (Fsp3) is 0.692. The second-order valence-electron chi connectivity index (χ2n) is 4.68. The topological polar surface area (TPSA) is 149 Å². The van der Waals surface area contributed by atoms with Crippen LogP contribution < -0.4 is 5.32 Å². The van der Waals surface area contributed by atoms with Crippen LogP contribution in [0.15, 0.2) is 6.07 Å². The summed E-state index contributed by atoms with van der Waals surface area (Å²) in [6.07, 6.45) is 0. The van der Waals surface area contributed by atoms with Gasteiger partial charge in [-0.25, -0.2) is 0 Å². The smallest absolute Gasteiger partial charge is 0.365 e. The van der Waals surface area contributed by atoms with Crippen molar-refractivity contribution in [3.63, 3.8) is 0 Å². The van der Waals surface area contributed by atoms with E-state index in [1.54, 1.807) is 27.7 Å². The quantitative estimate of drug-likeness (QED) is 0.434. The van der Waals surface area contributed by atoms with Crippen molar-refractivity contribution in [2.45, 2.75) is 33.2 Å². The lowest BCUT2D eigenvalue weighted by Gasteiger charge is -2.31. The molecular weight excluding hydrogens is 388 g/mol. The molecule has 0 radical (unpaired) electrons. The minimum atomic E-state index is -4.07. The second-order valence-corrected chi connectivity index (χ2v) is 9.31. The Morgan fingerprint density at radius 1 is 0.885 bits per heavy atom. The molecule has 1 aromatic heterocycles. The number of aromatic nitrogens is 2. The molecule has 1 aromatic rings. The van der Waals surface area contributed by atoms with E-state index in [9.17, 15) is 19.3 Å². The van der Waals surface area contributed by atoms with Crippen LogP contribution in [0.2, 0.25) is 0 Å². The van der Waals surface area contributed by atoms with Crippen LogP contribution in [0.5, 0.6) is 11.8 Å². The fourth-order valence-electron chi connectivity index (χ4n) is 2.01. The van der Waals surface area contributed by atoms with Gasteiger partial charge in [0.05, 0.1) is 32.5 Å². The van der Waals surface area contributed by atoms with Crippen molar-refractivity contribution >= 4 is 21.1 Å². The molecule has 0 unspecified atom stereocenters. The zero-order valence-electron chi connectivity index (χ0n) is 15.1. The first-order valence-electron chi connectivity index (χ1n) is 8.05. The number of hydrogen-bond acceptors (Lipinski definition) is 11. The molecule has 0 aromatic carbocycles. The Labute approximate surface area is 152 Å². The zero-order valence-corrected chi connectivity index (χ0v) is 16.9. The lowest BCUT2D eigenvalue weighted by molar-refractivity contribution is 0.197. The number of nitrogens with zero attached hydrogens (tertiary/aromatic N) is 2. The van der Waals surface area contributed by atoms with E-state index >= 15 is 0 Å². The summed E-state index contributed by atoms with van der Waals surface area (Å²) in [4.78, 5) is 7.30. The number of rotatable bonds is 12. The SMILES string of the molecule is CCOP(=O)(OCC)C(Nc1nc(O)cc(O)n1)P(=O)(OCC)OCC. The maximum absolute atomic E-state index is 13.3. The number of anilines is 1. The molecule has 0 aliphatic carbocycles. The predicted octanol–water partition coefficient (Wildman–Crippen LogP) is 3.12. The Kier molecular flexibility index (Phi) is 8.95. The maximum atomic E-state index is 13.3. The van der Waals surface area contributed by atoms with Gasteiger partial charge >= 0.3 is 15.2 Å². The summed E-state index contributed by atoms with van der Waals surface area (Å²) < 4.78 is 47.6. The molecule has 0 aliphatic rings. The van der Waals surface area contributed by atoms with Gasteiger partial charge in [0.15, 0.2) is 0 Å². The van der Waals surface area contributed by atoms with E-state index in [4.69, 9.17) is 18.1 Å². The highest BCUT2D eigenvalue weighted by Crippen LogP contribution is 2.69. The van der Waals surface area contributed by atoms with Crippen LogP contribution in [0.4, 0.5) is 5.95 Å². The summed E-state index contributed by atoms with van der Waals surface area (Å²) in [5.41, 5.74) is -1.61. The third-order valence-electron chi connectivity index (χ3n) is 2.79. The molecule has 0 saturated carbocycles. The largest absolute Gasteiger partial charge is 0.493 e. The standard InChI is InChI=1S/C13H25N3O8P2/c1-5-21-25(19,22-6-2)13(26(20,23-7-3)24-8-4)16-12-14-10(17)9-11(18)15-12/h9,13H,5-8H2,1-4H3,(H3,14,15,16,17,18). The number of hydrogen-bond donors (Lipinski definition) is 3. The Morgan fingerprint density at radius 3 is 1.54 bits per heavy atom. The van der Waals surface area contributed by atoms with Gasteiger partial charge in [-0.15, -0.1) is 0 Å². The van der Waals surface area contributed by atoms with Crippen LogP contribution >= 0.6 is 15.2 Å². The molecule has 0 spiro atoms. The Balaban J connectivity index is 3.43. The van der Waals surface area contributed by atoms with E-state index in [2.05, 4.69) is 15.3 Å². The molecule has 26 heavy (non-hydrogen) atoms. The first kappa shape index (κ1) is 22.8. The molecule has 13 heteroatoms. The molecule has 11 nitrogen and oxygen atoms in total. The highest BCUT2D eigenvalue weighted by atomic mass is 31.2. The van der Waals surface area contributed by atoms with Gasteiger partial charge in [-0.2, -0.15) is 9.97 Å². The average Bonchev–Trinajstić information content (AvgIpc) is 2.52. The lowest BCUT2D eigenvalue weighted by Crippen LogP contribution is -2.26. The summed E-state index contributed by atoms with van der Waals surface area (Å²) in [7, 11) is -8.15. The molecular formula is C13H25N3O8P2. The van der Waals surface area contributed by atoms with Crippen molar-refractivity contribution < 1.29 is 37.4 Å². The molecule has 150 valence electrons. The fourth-order valence-corrected chi connectivity index (χ4v) is 6.90. The summed E-state index contributed by atoms with van der Waals surface area (Å²) >= 11 is 0. The predicted molar refractivity (Wildman–Crippen MR) is 94.5 cm³/mol. The lowest BCUT2D eigenvalue weighted by atomic mass is 10.6. The van der Waals surface area contributed by atoms with Crippen molar-refractivity contribution in [2.24, 2.45) is 0 Å². The molecule has 1 rings (SSSR count). The second kappa shape index (κ2) is 10.2. The van der Waals surface area contributed by atoms with Crippen molar-refractivity contribution in [3.8, 4) is 11.8 Å². The molecule has 0 fully saturated rings.